The third-order valence-corrected chi connectivity index (χ3v) is 5.60. The van der Waals surface area contributed by atoms with Gasteiger partial charge in [0.15, 0.2) is 5.96 Å². The van der Waals surface area contributed by atoms with E-state index in [1.165, 1.54) is 30.8 Å². The van der Waals surface area contributed by atoms with Gasteiger partial charge in [-0.25, -0.2) is 4.98 Å². The SMILES string of the molecule is CCNC(=NCCC1=CCCC1)N1CCN(c2nc(CC)ns2)CC1. The fourth-order valence-corrected chi connectivity index (χ4v) is 4.12. The lowest BCUT2D eigenvalue weighted by Crippen LogP contribution is -2.52. The number of aromatic nitrogens is 2. The molecule has 2 heterocycles. The average Bonchev–Trinajstić information content (AvgIpc) is 3.33. The molecule has 3 rings (SSSR count). The van der Waals surface area contributed by atoms with Gasteiger partial charge in [-0.1, -0.05) is 18.6 Å². The first kappa shape index (κ1) is 18.2. The Hall–Kier alpha value is -1.63. The van der Waals surface area contributed by atoms with Crippen LogP contribution in [0.5, 0.6) is 0 Å². The molecular weight excluding hydrogens is 332 g/mol. The lowest BCUT2D eigenvalue weighted by atomic mass is 10.2. The van der Waals surface area contributed by atoms with Crippen LogP contribution in [-0.4, -0.2) is 59.5 Å². The van der Waals surface area contributed by atoms with E-state index in [0.717, 1.165) is 69.0 Å². The summed E-state index contributed by atoms with van der Waals surface area (Å²) in [4.78, 5) is 14.2. The smallest absolute Gasteiger partial charge is 0.205 e. The van der Waals surface area contributed by atoms with Crippen LogP contribution in [0.4, 0.5) is 5.13 Å². The first-order valence-electron chi connectivity index (χ1n) is 9.58. The van der Waals surface area contributed by atoms with Crippen molar-refractivity contribution in [2.75, 3.05) is 44.2 Å². The van der Waals surface area contributed by atoms with E-state index in [9.17, 15) is 0 Å². The molecule has 7 heteroatoms. The summed E-state index contributed by atoms with van der Waals surface area (Å²) in [5, 5.41) is 4.52. The Kier molecular flexibility index (Phi) is 6.67. The van der Waals surface area contributed by atoms with Gasteiger partial charge in [0.1, 0.15) is 5.82 Å². The number of guanidine groups is 1. The Labute approximate surface area is 155 Å². The highest BCUT2D eigenvalue weighted by Crippen LogP contribution is 2.21. The van der Waals surface area contributed by atoms with Gasteiger partial charge in [-0.2, -0.15) is 4.37 Å². The summed E-state index contributed by atoms with van der Waals surface area (Å²) in [6.07, 6.45) is 8.27. The van der Waals surface area contributed by atoms with Gasteiger partial charge < -0.3 is 15.1 Å². The van der Waals surface area contributed by atoms with E-state index < -0.39 is 0 Å². The topological polar surface area (TPSA) is 56.7 Å². The van der Waals surface area contributed by atoms with Crippen LogP contribution in [0.25, 0.3) is 0 Å². The molecule has 138 valence electrons. The molecule has 1 aromatic heterocycles. The second kappa shape index (κ2) is 9.17. The zero-order chi connectivity index (χ0) is 17.5. The summed E-state index contributed by atoms with van der Waals surface area (Å²) in [5.41, 5.74) is 1.59. The highest BCUT2D eigenvalue weighted by atomic mass is 32.1. The first-order valence-corrected chi connectivity index (χ1v) is 10.4. The quantitative estimate of drug-likeness (QED) is 0.479. The Balaban J connectivity index is 1.52. The highest BCUT2D eigenvalue weighted by molar-refractivity contribution is 7.09. The molecule has 0 spiro atoms. The van der Waals surface area contributed by atoms with Crippen molar-refractivity contribution < 1.29 is 0 Å². The molecule has 0 amide bonds. The Bertz CT molecular complexity index is 600. The van der Waals surface area contributed by atoms with Crippen molar-refractivity contribution in [1.29, 1.82) is 0 Å². The zero-order valence-electron chi connectivity index (χ0n) is 15.5. The second-order valence-corrected chi connectivity index (χ2v) is 7.29. The van der Waals surface area contributed by atoms with E-state index in [1.807, 2.05) is 0 Å². The van der Waals surface area contributed by atoms with E-state index in [2.05, 4.69) is 44.4 Å². The number of allylic oxidation sites excluding steroid dienone is 1. The maximum atomic E-state index is 4.86. The molecule has 1 aliphatic carbocycles. The van der Waals surface area contributed by atoms with Crippen molar-refractivity contribution in [3.63, 3.8) is 0 Å². The van der Waals surface area contributed by atoms with E-state index in [4.69, 9.17) is 4.99 Å². The molecule has 0 radical (unpaired) electrons. The summed E-state index contributed by atoms with van der Waals surface area (Å²) in [6, 6.07) is 0. The van der Waals surface area contributed by atoms with Crippen molar-refractivity contribution in [1.82, 2.24) is 19.6 Å². The molecule has 6 nitrogen and oxygen atoms in total. The van der Waals surface area contributed by atoms with Crippen LogP contribution < -0.4 is 10.2 Å². The van der Waals surface area contributed by atoms with Crippen LogP contribution >= 0.6 is 11.5 Å². The zero-order valence-corrected chi connectivity index (χ0v) is 16.3. The number of rotatable bonds is 6. The predicted octanol–water partition coefficient (Wildman–Crippen LogP) is 2.69. The number of hydrogen-bond donors (Lipinski definition) is 1. The summed E-state index contributed by atoms with van der Waals surface area (Å²) < 4.78 is 4.41. The monoisotopic (exact) mass is 362 g/mol. The van der Waals surface area contributed by atoms with Crippen molar-refractivity contribution >= 4 is 22.6 Å². The Morgan fingerprint density at radius 3 is 2.76 bits per heavy atom. The minimum absolute atomic E-state index is 0.893. The molecule has 0 aromatic carbocycles. The Morgan fingerprint density at radius 1 is 1.28 bits per heavy atom. The van der Waals surface area contributed by atoms with Crippen LogP contribution in [-0.2, 0) is 6.42 Å². The van der Waals surface area contributed by atoms with E-state index >= 15 is 0 Å². The molecule has 25 heavy (non-hydrogen) atoms. The summed E-state index contributed by atoms with van der Waals surface area (Å²) in [7, 11) is 0. The van der Waals surface area contributed by atoms with Crippen molar-refractivity contribution in [3.8, 4) is 0 Å². The molecule has 0 atom stereocenters. The number of anilines is 1. The molecule has 1 saturated heterocycles. The first-order chi connectivity index (χ1) is 12.3. The molecule has 1 aliphatic heterocycles. The molecule has 0 bridgehead atoms. The van der Waals surface area contributed by atoms with Crippen LogP contribution in [0.2, 0.25) is 0 Å². The Morgan fingerprint density at radius 2 is 2.12 bits per heavy atom. The lowest BCUT2D eigenvalue weighted by Gasteiger charge is -2.36. The molecular formula is C18H30N6S. The fourth-order valence-electron chi connectivity index (χ4n) is 3.32. The van der Waals surface area contributed by atoms with Crippen LogP contribution in [0, 0.1) is 0 Å². The standard InChI is InChI=1S/C18H30N6S/c1-3-16-21-18(25-22-16)24-13-11-23(12-14-24)17(19-4-2)20-10-9-15-7-5-6-8-15/h7H,3-6,8-14H2,1-2H3,(H,19,20). The maximum absolute atomic E-state index is 4.86. The molecule has 0 saturated carbocycles. The van der Waals surface area contributed by atoms with Crippen molar-refractivity contribution in [2.24, 2.45) is 4.99 Å². The minimum Gasteiger partial charge on any atom is -0.357 e. The molecule has 2 aliphatic rings. The predicted molar refractivity (Wildman–Crippen MR) is 106 cm³/mol. The largest absolute Gasteiger partial charge is 0.357 e. The summed E-state index contributed by atoms with van der Waals surface area (Å²) in [5.74, 6) is 2.02. The molecule has 0 unspecified atom stereocenters. The molecule has 1 aromatic rings. The maximum Gasteiger partial charge on any atom is 0.205 e. The van der Waals surface area contributed by atoms with Crippen molar-refractivity contribution in [2.45, 2.75) is 46.0 Å². The molecule has 1 N–H and O–H groups in total. The van der Waals surface area contributed by atoms with Crippen LogP contribution in [0.3, 0.4) is 0 Å². The van der Waals surface area contributed by atoms with Crippen LogP contribution in [0.1, 0.15) is 45.4 Å². The van der Waals surface area contributed by atoms with Crippen molar-refractivity contribution in [3.05, 3.63) is 17.5 Å². The van der Waals surface area contributed by atoms with Gasteiger partial charge in [-0.3, -0.25) is 4.99 Å². The van der Waals surface area contributed by atoms with Gasteiger partial charge >= 0.3 is 0 Å². The normalized spacial score (nSPS) is 18.6. The van der Waals surface area contributed by atoms with E-state index in [-0.39, 0.29) is 0 Å². The summed E-state index contributed by atoms with van der Waals surface area (Å²) >= 11 is 1.52. The summed E-state index contributed by atoms with van der Waals surface area (Å²) in [6.45, 7) is 9.97. The van der Waals surface area contributed by atoms with Gasteiger partial charge in [0, 0.05) is 57.2 Å². The number of aryl methyl sites for hydroxylation is 1. The van der Waals surface area contributed by atoms with Gasteiger partial charge in [-0.05, 0) is 32.6 Å². The number of piperazine rings is 1. The second-order valence-electron chi connectivity index (χ2n) is 6.56. The third-order valence-electron chi connectivity index (χ3n) is 4.79. The van der Waals surface area contributed by atoms with Gasteiger partial charge in [-0.15, -0.1) is 0 Å². The number of nitrogens with zero attached hydrogens (tertiary/aromatic N) is 5. The average molecular weight is 363 g/mol. The van der Waals surface area contributed by atoms with Gasteiger partial charge in [0.25, 0.3) is 0 Å². The number of nitrogens with one attached hydrogen (secondary N) is 1. The number of hydrogen-bond acceptors (Lipinski definition) is 5. The number of aliphatic imine (C=N–C) groups is 1. The molecule has 1 fully saturated rings. The highest BCUT2D eigenvalue weighted by Gasteiger charge is 2.22. The fraction of sp³-hybridized carbons (Fsp3) is 0.722. The lowest BCUT2D eigenvalue weighted by molar-refractivity contribution is 0.372. The van der Waals surface area contributed by atoms with Gasteiger partial charge in [0.05, 0.1) is 0 Å². The van der Waals surface area contributed by atoms with Gasteiger partial charge in [0.2, 0.25) is 5.13 Å². The van der Waals surface area contributed by atoms with E-state index in [0.29, 0.717) is 0 Å². The van der Waals surface area contributed by atoms with Crippen LogP contribution in [0.15, 0.2) is 16.6 Å². The minimum atomic E-state index is 0.893. The third kappa shape index (κ3) is 4.93. The van der Waals surface area contributed by atoms with E-state index in [1.54, 1.807) is 5.57 Å².